The largest absolute Gasteiger partial charge is 0.299 e. The summed E-state index contributed by atoms with van der Waals surface area (Å²) in [6.45, 7) is 11.8. The number of fused-ring (bicyclic) bond motifs is 5. The minimum absolute atomic E-state index is 0.220. The quantitative estimate of drug-likeness (QED) is 0.679. The summed E-state index contributed by atoms with van der Waals surface area (Å²) in [5.74, 6) is 2.47. The van der Waals surface area contributed by atoms with Gasteiger partial charge in [0.2, 0.25) is 0 Å². The highest BCUT2D eigenvalue weighted by molar-refractivity contribution is 5.92. The highest BCUT2D eigenvalue weighted by Gasteiger charge is 2.64. The number of rotatable bonds is 5. The Hall–Kier alpha value is -1.37. The monoisotopic (exact) mass is 254 g/mol. The molecule has 5 atom stereocenters. The van der Waals surface area contributed by atoms with Crippen LogP contribution in [0.3, 0.4) is 0 Å². The van der Waals surface area contributed by atoms with E-state index in [1.165, 1.54) is 6.42 Å². The highest BCUT2D eigenvalue weighted by atomic mass is 16.1. The maximum absolute atomic E-state index is 13.1. The van der Waals surface area contributed by atoms with Crippen LogP contribution in [0.5, 0.6) is 0 Å². The van der Waals surface area contributed by atoms with Gasteiger partial charge in [-0.15, -0.1) is 19.7 Å². The highest BCUT2D eigenvalue weighted by Crippen LogP contribution is 2.64. The van der Waals surface area contributed by atoms with Gasteiger partial charge in [0.05, 0.1) is 0 Å². The van der Waals surface area contributed by atoms with E-state index in [4.69, 9.17) is 0 Å². The lowest BCUT2D eigenvalue weighted by atomic mass is 9.68. The van der Waals surface area contributed by atoms with Crippen LogP contribution < -0.4 is 0 Å². The van der Waals surface area contributed by atoms with Crippen LogP contribution in [0.1, 0.15) is 19.3 Å². The van der Waals surface area contributed by atoms with Gasteiger partial charge < -0.3 is 0 Å². The average molecular weight is 254 g/mol. The van der Waals surface area contributed by atoms with E-state index in [2.05, 4.69) is 31.9 Å². The predicted molar refractivity (Wildman–Crippen MR) is 78.5 cm³/mol. The number of carbonyl (C=O) groups is 1. The molecular weight excluding hydrogens is 232 g/mol. The minimum Gasteiger partial charge on any atom is -0.299 e. The lowest BCUT2D eigenvalue weighted by Crippen LogP contribution is -2.34. The van der Waals surface area contributed by atoms with E-state index < -0.39 is 0 Å². The van der Waals surface area contributed by atoms with Crippen molar-refractivity contribution < 1.29 is 4.79 Å². The molecule has 0 aromatic rings. The zero-order valence-electron chi connectivity index (χ0n) is 11.4. The van der Waals surface area contributed by atoms with Gasteiger partial charge in [-0.25, -0.2) is 0 Å². The van der Waals surface area contributed by atoms with Gasteiger partial charge in [0.25, 0.3) is 0 Å². The number of allylic oxidation sites excluding steroid dienone is 5. The van der Waals surface area contributed by atoms with E-state index in [0.717, 1.165) is 12.8 Å². The predicted octanol–water partition coefficient (Wildman–Crippen LogP) is 3.95. The van der Waals surface area contributed by atoms with Gasteiger partial charge in [-0.3, -0.25) is 4.79 Å². The van der Waals surface area contributed by atoms with Gasteiger partial charge in [-0.05, 0) is 42.9 Å². The second-order valence-electron chi connectivity index (χ2n) is 6.32. The summed E-state index contributed by atoms with van der Waals surface area (Å²) in [6, 6.07) is 0. The molecule has 1 nitrogen and oxygen atoms in total. The van der Waals surface area contributed by atoms with Gasteiger partial charge >= 0.3 is 0 Å². The molecule has 2 unspecified atom stereocenters. The van der Waals surface area contributed by atoms with E-state index >= 15 is 0 Å². The van der Waals surface area contributed by atoms with Crippen molar-refractivity contribution >= 4 is 5.78 Å². The molecule has 2 fully saturated rings. The van der Waals surface area contributed by atoms with Crippen molar-refractivity contribution in [2.75, 3.05) is 0 Å². The summed E-state index contributed by atoms with van der Waals surface area (Å²) < 4.78 is 0. The molecule has 19 heavy (non-hydrogen) atoms. The van der Waals surface area contributed by atoms with E-state index in [1.54, 1.807) is 0 Å². The molecule has 0 N–H and O–H groups in total. The van der Waals surface area contributed by atoms with Crippen molar-refractivity contribution in [3.8, 4) is 0 Å². The number of hydrogen-bond donors (Lipinski definition) is 0. The molecule has 0 saturated heterocycles. The molecule has 3 rings (SSSR count). The third-order valence-corrected chi connectivity index (χ3v) is 5.64. The molecule has 2 saturated carbocycles. The molecule has 3 aliphatic carbocycles. The van der Waals surface area contributed by atoms with E-state index in [1.807, 2.05) is 18.2 Å². The zero-order valence-corrected chi connectivity index (χ0v) is 11.4. The molecular formula is C18H22O. The van der Waals surface area contributed by atoms with Crippen molar-refractivity contribution in [1.29, 1.82) is 0 Å². The van der Waals surface area contributed by atoms with Crippen LogP contribution in [0.25, 0.3) is 0 Å². The van der Waals surface area contributed by atoms with E-state index in [9.17, 15) is 4.79 Å². The first-order valence-electron chi connectivity index (χ1n) is 7.26. The van der Waals surface area contributed by atoms with Crippen molar-refractivity contribution in [3.05, 3.63) is 50.1 Å². The molecule has 2 bridgehead atoms. The Bertz CT molecular complexity index is 460. The van der Waals surface area contributed by atoms with Gasteiger partial charge in [0.1, 0.15) is 5.78 Å². The lowest BCUT2D eigenvalue weighted by molar-refractivity contribution is -0.130. The van der Waals surface area contributed by atoms with Gasteiger partial charge in [0, 0.05) is 11.3 Å². The number of ketones is 1. The van der Waals surface area contributed by atoms with Crippen LogP contribution in [0.4, 0.5) is 0 Å². The van der Waals surface area contributed by atoms with Crippen LogP contribution in [0.15, 0.2) is 50.1 Å². The second-order valence-corrected chi connectivity index (χ2v) is 6.32. The maximum Gasteiger partial charge on any atom is 0.144 e. The normalized spacial score (nSPS) is 41.3. The van der Waals surface area contributed by atoms with Crippen LogP contribution in [-0.4, -0.2) is 5.78 Å². The molecule has 0 amide bonds. The van der Waals surface area contributed by atoms with E-state index in [-0.39, 0.29) is 17.3 Å². The molecule has 0 spiro atoms. The standard InChI is InChI=1S/C18H22O/c1-4-9-18(10-5-2)14(6-3)15-12-7-8-13(11-12)16(15)17(18)19/h4-8,12-16H,1-3,9-11H2/t12?,13?,14-,15-,16-/m0/s1. The zero-order chi connectivity index (χ0) is 13.6. The van der Waals surface area contributed by atoms with Gasteiger partial charge in [-0.2, -0.15) is 0 Å². The smallest absolute Gasteiger partial charge is 0.144 e. The maximum atomic E-state index is 13.1. The summed E-state index contributed by atoms with van der Waals surface area (Å²) in [4.78, 5) is 13.1. The van der Waals surface area contributed by atoms with Gasteiger partial charge in [-0.1, -0.05) is 30.4 Å². The molecule has 0 aliphatic heterocycles. The fourth-order valence-corrected chi connectivity index (χ4v) is 5.04. The molecule has 1 heteroatoms. The Balaban J connectivity index is 2.06. The Morgan fingerprint density at radius 2 is 1.79 bits per heavy atom. The molecule has 0 heterocycles. The average Bonchev–Trinajstić information content (AvgIpc) is 3.04. The van der Waals surface area contributed by atoms with Crippen LogP contribution in [0, 0.1) is 35.0 Å². The van der Waals surface area contributed by atoms with Crippen molar-refractivity contribution in [2.45, 2.75) is 19.3 Å². The van der Waals surface area contributed by atoms with Gasteiger partial charge in [0.15, 0.2) is 0 Å². The summed E-state index contributed by atoms with van der Waals surface area (Å²) >= 11 is 0. The molecule has 0 radical (unpaired) electrons. The third-order valence-electron chi connectivity index (χ3n) is 5.64. The second kappa shape index (κ2) is 4.33. The minimum atomic E-state index is -0.316. The fraction of sp³-hybridized carbons (Fsp3) is 0.500. The summed E-state index contributed by atoms with van der Waals surface area (Å²) in [6.07, 6.45) is 13.1. The molecule has 3 aliphatic rings. The first-order chi connectivity index (χ1) is 9.19. The van der Waals surface area contributed by atoms with Crippen molar-refractivity contribution in [1.82, 2.24) is 0 Å². The summed E-state index contributed by atoms with van der Waals surface area (Å²) in [5, 5.41) is 0. The topological polar surface area (TPSA) is 17.1 Å². The number of Topliss-reactive ketones (excluding diaryl/α,β-unsaturated/α-hetero) is 1. The summed E-state index contributed by atoms with van der Waals surface area (Å²) in [5.41, 5.74) is -0.316. The lowest BCUT2D eigenvalue weighted by Gasteiger charge is -2.34. The Labute approximate surface area is 115 Å². The first kappa shape index (κ1) is 12.7. The van der Waals surface area contributed by atoms with Crippen LogP contribution in [0.2, 0.25) is 0 Å². The SMILES string of the molecule is C=CCC1(CC=C)C(=O)[C@H]2C3C=CC(C3)[C@H]2[C@@H]1C=C. The Kier molecular flexibility index (Phi) is 2.88. The molecule has 100 valence electrons. The summed E-state index contributed by atoms with van der Waals surface area (Å²) in [7, 11) is 0. The number of hydrogen-bond acceptors (Lipinski definition) is 1. The fourth-order valence-electron chi connectivity index (χ4n) is 5.04. The van der Waals surface area contributed by atoms with Crippen LogP contribution >= 0.6 is 0 Å². The van der Waals surface area contributed by atoms with Crippen molar-refractivity contribution in [2.24, 2.45) is 35.0 Å². The van der Waals surface area contributed by atoms with E-state index in [0.29, 0.717) is 23.5 Å². The Morgan fingerprint density at radius 1 is 1.16 bits per heavy atom. The van der Waals surface area contributed by atoms with Crippen LogP contribution in [-0.2, 0) is 4.79 Å². The number of carbonyl (C=O) groups excluding carboxylic acids is 1. The molecule has 0 aromatic heterocycles. The Morgan fingerprint density at radius 3 is 2.37 bits per heavy atom. The first-order valence-corrected chi connectivity index (χ1v) is 7.26. The molecule has 0 aromatic carbocycles. The third kappa shape index (κ3) is 1.45. The van der Waals surface area contributed by atoms with Crippen molar-refractivity contribution in [3.63, 3.8) is 0 Å².